The summed E-state index contributed by atoms with van der Waals surface area (Å²) < 4.78 is 39.9. The van der Waals surface area contributed by atoms with Crippen LogP contribution in [-0.4, -0.2) is 25.9 Å². The van der Waals surface area contributed by atoms with E-state index >= 15 is 0 Å². The fourth-order valence-electron chi connectivity index (χ4n) is 1.90. The molecule has 0 bridgehead atoms. The van der Waals surface area contributed by atoms with Gasteiger partial charge in [-0.15, -0.1) is 0 Å². The van der Waals surface area contributed by atoms with Crippen LogP contribution in [0.2, 0.25) is 0 Å². The smallest absolute Gasteiger partial charge is 0.142 e. The minimum absolute atomic E-state index is 0.236. The molecule has 0 saturated carbocycles. The van der Waals surface area contributed by atoms with Crippen molar-refractivity contribution in [3.63, 3.8) is 0 Å². The van der Waals surface area contributed by atoms with Crippen LogP contribution in [0.5, 0.6) is 5.75 Å². The first-order chi connectivity index (χ1) is 10.1. The third-order valence-corrected chi connectivity index (χ3v) is 6.53. The molecule has 0 saturated heterocycles. The van der Waals surface area contributed by atoms with Gasteiger partial charge in [-0.3, -0.25) is 0 Å². The van der Waals surface area contributed by atoms with Crippen molar-refractivity contribution in [1.29, 1.82) is 0 Å². The number of methoxy groups -OCH3 is 1. The molecule has 3 nitrogen and oxygen atoms in total. The molecular weight excluding hydrogens is 257 g/mol. The molecule has 0 unspecified atom stereocenters. The first-order valence-electron chi connectivity index (χ1n) is 8.27. The third-order valence-electron chi connectivity index (χ3n) is 3.27. The second kappa shape index (κ2) is 7.00. The van der Waals surface area contributed by atoms with E-state index in [1.165, 1.54) is 0 Å². The predicted molar refractivity (Wildman–Crippen MR) is 84.6 cm³/mol. The Kier molecular flexibility index (Phi) is 4.36. The maximum Gasteiger partial charge on any atom is 0.142 e. The molecule has 0 fully saturated rings. The van der Waals surface area contributed by atoms with Crippen molar-refractivity contribution in [3.8, 4) is 5.75 Å². The van der Waals surface area contributed by atoms with Gasteiger partial charge in [0.05, 0.1) is 16.8 Å². The van der Waals surface area contributed by atoms with E-state index in [4.69, 9.17) is 8.85 Å². The molecule has 0 aliphatic heterocycles. The van der Waals surface area contributed by atoms with E-state index in [1.807, 2.05) is 19.9 Å². The first-order valence-corrected chi connectivity index (χ1v) is 8.84. The SMILES string of the molecule is [2H]C([2H])([2H])Oc1cc(P(=O)(CC)CC)ccc1NCC(C)C. The summed E-state index contributed by atoms with van der Waals surface area (Å²) in [5, 5.41) is 3.86. The second-order valence-electron chi connectivity index (χ2n) is 5.08. The number of benzene rings is 1. The van der Waals surface area contributed by atoms with Gasteiger partial charge in [0.15, 0.2) is 0 Å². The average molecular weight is 286 g/mol. The van der Waals surface area contributed by atoms with Crippen molar-refractivity contribution in [3.05, 3.63) is 18.2 Å². The van der Waals surface area contributed by atoms with Crippen molar-refractivity contribution in [2.45, 2.75) is 27.7 Å². The van der Waals surface area contributed by atoms with E-state index in [2.05, 4.69) is 19.2 Å². The fraction of sp³-hybridized carbons (Fsp3) is 0.600. The zero-order valence-corrected chi connectivity index (χ0v) is 13.1. The molecule has 0 heterocycles. The van der Waals surface area contributed by atoms with Gasteiger partial charge >= 0.3 is 0 Å². The van der Waals surface area contributed by atoms with Crippen molar-refractivity contribution in [2.24, 2.45) is 5.92 Å². The molecule has 0 aromatic heterocycles. The highest BCUT2D eigenvalue weighted by molar-refractivity contribution is 7.71. The van der Waals surface area contributed by atoms with Gasteiger partial charge in [-0.25, -0.2) is 0 Å². The zero-order valence-electron chi connectivity index (χ0n) is 15.2. The summed E-state index contributed by atoms with van der Waals surface area (Å²) in [4.78, 5) is 0. The Hall–Kier alpha value is -0.950. The minimum atomic E-state index is -2.53. The molecule has 0 amide bonds. The molecule has 0 atom stereocenters. The molecule has 108 valence electrons. The van der Waals surface area contributed by atoms with Crippen LogP contribution in [0.4, 0.5) is 5.69 Å². The van der Waals surface area contributed by atoms with E-state index in [0.717, 1.165) is 0 Å². The Morgan fingerprint density at radius 3 is 2.58 bits per heavy atom. The molecule has 1 N–H and O–H groups in total. The molecular formula is C15H26NO2P. The summed E-state index contributed by atoms with van der Waals surface area (Å²) in [7, 11) is -5.01. The lowest BCUT2D eigenvalue weighted by Crippen LogP contribution is -2.12. The van der Waals surface area contributed by atoms with Crippen molar-refractivity contribution in [2.75, 3.05) is 31.2 Å². The molecule has 1 aromatic carbocycles. The number of ether oxygens (including phenoxy) is 1. The average Bonchev–Trinajstić information content (AvgIpc) is 2.43. The number of anilines is 1. The molecule has 0 radical (unpaired) electrons. The quantitative estimate of drug-likeness (QED) is 0.775. The van der Waals surface area contributed by atoms with Crippen LogP contribution in [0.1, 0.15) is 31.8 Å². The lowest BCUT2D eigenvalue weighted by atomic mass is 10.2. The molecule has 1 aromatic rings. The Morgan fingerprint density at radius 1 is 1.37 bits per heavy atom. The summed E-state index contributed by atoms with van der Waals surface area (Å²) in [5.41, 5.74) is 0.618. The highest BCUT2D eigenvalue weighted by Crippen LogP contribution is 2.44. The van der Waals surface area contributed by atoms with Crippen molar-refractivity contribution in [1.82, 2.24) is 0 Å². The van der Waals surface area contributed by atoms with Crippen molar-refractivity contribution >= 4 is 18.1 Å². The van der Waals surface area contributed by atoms with E-state index in [1.54, 1.807) is 12.1 Å². The van der Waals surface area contributed by atoms with Gasteiger partial charge in [0.25, 0.3) is 0 Å². The normalized spacial score (nSPS) is 14.7. The molecule has 0 spiro atoms. The monoisotopic (exact) mass is 286 g/mol. The zero-order chi connectivity index (χ0) is 17.0. The fourth-order valence-corrected chi connectivity index (χ4v) is 3.77. The van der Waals surface area contributed by atoms with Crippen LogP contribution in [0, 0.1) is 5.92 Å². The van der Waals surface area contributed by atoms with Crippen LogP contribution < -0.4 is 15.4 Å². The van der Waals surface area contributed by atoms with Gasteiger partial charge < -0.3 is 14.6 Å². The summed E-state index contributed by atoms with van der Waals surface area (Å²) >= 11 is 0. The topological polar surface area (TPSA) is 38.3 Å². The van der Waals surface area contributed by atoms with Crippen LogP contribution in [0.3, 0.4) is 0 Å². The highest BCUT2D eigenvalue weighted by Gasteiger charge is 2.21. The lowest BCUT2D eigenvalue weighted by Gasteiger charge is -2.18. The molecule has 0 aliphatic rings. The third kappa shape index (κ3) is 4.01. The van der Waals surface area contributed by atoms with E-state index in [-0.39, 0.29) is 5.75 Å². The van der Waals surface area contributed by atoms with Gasteiger partial charge in [0.1, 0.15) is 12.9 Å². The number of hydrogen-bond acceptors (Lipinski definition) is 3. The number of rotatable bonds is 7. The van der Waals surface area contributed by atoms with Crippen LogP contribution in [0.15, 0.2) is 18.2 Å². The Morgan fingerprint density at radius 2 is 2.05 bits per heavy atom. The van der Waals surface area contributed by atoms with Gasteiger partial charge in [-0.05, 0) is 24.1 Å². The Bertz CT molecular complexity index is 536. The van der Waals surface area contributed by atoms with Crippen molar-refractivity contribution < 1.29 is 13.4 Å². The molecule has 0 aliphatic carbocycles. The molecule has 4 heteroatoms. The maximum absolute atomic E-state index is 12.8. The predicted octanol–water partition coefficient (Wildman–Crippen LogP) is 3.79. The van der Waals surface area contributed by atoms with Gasteiger partial charge in [-0.2, -0.15) is 0 Å². The summed E-state index contributed by atoms with van der Waals surface area (Å²) in [6.07, 6.45) is 1.10. The summed E-state index contributed by atoms with van der Waals surface area (Å²) in [5.74, 6) is 0.651. The summed E-state index contributed by atoms with van der Waals surface area (Å²) in [6.45, 7) is 8.61. The first kappa shape index (κ1) is 11.8. The van der Waals surface area contributed by atoms with Gasteiger partial charge in [0.2, 0.25) is 0 Å². The summed E-state index contributed by atoms with van der Waals surface area (Å²) in [6, 6.07) is 5.18. The highest BCUT2D eigenvalue weighted by atomic mass is 31.2. The van der Waals surface area contributed by atoms with E-state index in [9.17, 15) is 4.57 Å². The number of nitrogens with one attached hydrogen (secondary N) is 1. The molecule has 19 heavy (non-hydrogen) atoms. The van der Waals surface area contributed by atoms with Crippen LogP contribution in [0.25, 0.3) is 0 Å². The standard InChI is InChI=1S/C15H26NO2P/c1-6-19(17,7-2)13-8-9-14(15(10-13)18-5)16-11-12(3)4/h8-10,12,16H,6-7,11H2,1-5H3/i5D3. The van der Waals surface area contributed by atoms with E-state index in [0.29, 0.717) is 35.8 Å². The second-order valence-corrected chi connectivity index (χ2v) is 8.64. The van der Waals surface area contributed by atoms with Crippen LogP contribution in [-0.2, 0) is 4.57 Å². The molecule has 1 rings (SSSR count). The number of hydrogen-bond donors (Lipinski definition) is 1. The van der Waals surface area contributed by atoms with E-state index < -0.39 is 14.2 Å². The minimum Gasteiger partial charge on any atom is -0.495 e. The van der Waals surface area contributed by atoms with Gasteiger partial charge in [-0.1, -0.05) is 27.7 Å². The maximum atomic E-state index is 12.8. The van der Waals surface area contributed by atoms with Crippen LogP contribution >= 0.6 is 7.14 Å². The Labute approximate surface area is 121 Å². The Balaban J connectivity index is 3.21. The largest absolute Gasteiger partial charge is 0.495 e. The van der Waals surface area contributed by atoms with Gasteiger partial charge in [0, 0.05) is 24.2 Å². The lowest BCUT2D eigenvalue weighted by molar-refractivity contribution is 0.416.